The second kappa shape index (κ2) is 11.8. The van der Waals surface area contributed by atoms with E-state index in [1.165, 1.54) is 22.2 Å². The molecule has 3 aromatic rings. The third-order valence-electron chi connectivity index (χ3n) is 4.82. The fourth-order valence-corrected chi connectivity index (χ4v) is 5.22. The highest BCUT2D eigenvalue weighted by Crippen LogP contribution is 2.36. The quantitative estimate of drug-likeness (QED) is 0.286. The van der Waals surface area contributed by atoms with E-state index < -0.39 is 20.7 Å². The summed E-state index contributed by atoms with van der Waals surface area (Å²) in [5.74, 6) is -0.548. The minimum Gasteiger partial charge on any atom is -0.455 e. The lowest BCUT2D eigenvalue weighted by Crippen LogP contribution is -2.16. The van der Waals surface area contributed by atoms with Crippen LogP contribution < -0.4 is 14.8 Å². The van der Waals surface area contributed by atoms with Crippen molar-refractivity contribution in [2.24, 2.45) is 0 Å². The summed E-state index contributed by atoms with van der Waals surface area (Å²) >= 11 is 13.6. The number of aryl methyl sites for hydroxylation is 1. The van der Waals surface area contributed by atoms with Gasteiger partial charge in [0.25, 0.3) is 10.0 Å². The molecule has 0 saturated heterocycles. The normalized spacial score (nSPS) is 11.3. The Balaban J connectivity index is 1.75. The zero-order valence-electron chi connectivity index (χ0n) is 18.1. The molecule has 0 saturated carbocycles. The van der Waals surface area contributed by atoms with Crippen molar-refractivity contribution in [1.82, 2.24) is 10.3 Å². The minimum absolute atomic E-state index is 0.00399. The molecule has 0 aliphatic carbocycles. The number of benzene rings is 2. The van der Waals surface area contributed by atoms with Crippen LogP contribution in [0.5, 0.6) is 11.5 Å². The lowest BCUT2D eigenvalue weighted by atomic mass is 10.0. The summed E-state index contributed by atoms with van der Waals surface area (Å²) < 4.78 is 47.9. The van der Waals surface area contributed by atoms with Crippen LogP contribution in [0.25, 0.3) is 0 Å². The summed E-state index contributed by atoms with van der Waals surface area (Å²) in [7, 11) is -2.63. The molecule has 1 amide bonds. The Morgan fingerprint density at radius 1 is 1.15 bits per heavy atom. The molecule has 12 heteroatoms. The van der Waals surface area contributed by atoms with Crippen molar-refractivity contribution in [2.75, 3.05) is 11.8 Å². The second-order valence-corrected chi connectivity index (χ2v) is 10.5. The molecule has 2 N–H and O–H groups in total. The van der Waals surface area contributed by atoms with E-state index >= 15 is 0 Å². The second-order valence-electron chi connectivity index (χ2n) is 7.28. The van der Waals surface area contributed by atoms with E-state index in [-0.39, 0.29) is 22.5 Å². The lowest BCUT2D eigenvalue weighted by Gasteiger charge is -2.14. The van der Waals surface area contributed by atoms with Crippen molar-refractivity contribution >= 4 is 56.3 Å². The highest BCUT2D eigenvalue weighted by Gasteiger charge is 2.23. The number of ether oxygens (including phenoxy) is 1. The maximum Gasteiger partial charge on any atom is 0.266 e. The lowest BCUT2D eigenvalue weighted by molar-refractivity contribution is -0.120. The molecule has 0 aliphatic heterocycles. The number of anilines is 1. The molecule has 1 aromatic heterocycles. The van der Waals surface area contributed by atoms with Crippen LogP contribution >= 0.6 is 34.5 Å². The Morgan fingerprint density at radius 3 is 2.65 bits per heavy atom. The third kappa shape index (κ3) is 7.05. The van der Waals surface area contributed by atoms with E-state index in [9.17, 15) is 17.6 Å². The summed E-state index contributed by atoms with van der Waals surface area (Å²) in [6.45, 7) is 0. The molecule has 0 aliphatic rings. The molecule has 182 valence electrons. The van der Waals surface area contributed by atoms with Gasteiger partial charge in [-0.15, -0.1) is 11.3 Å². The average Bonchev–Trinajstić information content (AvgIpc) is 3.29. The molecule has 2 aromatic carbocycles. The highest BCUT2D eigenvalue weighted by atomic mass is 35.5. The van der Waals surface area contributed by atoms with Gasteiger partial charge in [0, 0.05) is 29.9 Å². The Morgan fingerprint density at radius 2 is 1.94 bits per heavy atom. The standard InChI is InChI=1S/C22H22Cl2FN3O4S2/c1-26-22(29)6-4-2-3-5-14-9-15(23)7-8-18(14)32-19-11-17(25)20(10-16(19)24)34(30,31)28-21-12-33-13-27-21/h7-13,28H,2-6H2,1H3,(H,26,29). The van der Waals surface area contributed by atoms with Gasteiger partial charge in [-0.1, -0.05) is 29.6 Å². The van der Waals surface area contributed by atoms with Crippen molar-refractivity contribution in [3.05, 3.63) is 62.6 Å². The number of amides is 1. The van der Waals surface area contributed by atoms with Gasteiger partial charge in [0.05, 0.1) is 10.5 Å². The molecule has 7 nitrogen and oxygen atoms in total. The van der Waals surface area contributed by atoms with E-state index in [4.69, 9.17) is 27.9 Å². The van der Waals surface area contributed by atoms with Gasteiger partial charge < -0.3 is 10.1 Å². The number of rotatable bonds is 11. The Labute approximate surface area is 211 Å². The number of unbranched alkanes of at least 4 members (excludes halogenated alkanes) is 2. The van der Waals surface area contributed by atoms with Crippen LogP contribution in [0.4, 0.5) is 10.2 Å². The van der Waals surface area contributed by atoms with Crippen LogP contribution in [0.3, 0.4) is 0 Å². The number of carbonyl (C=O) groups excluding carboxylic acids is 1. The van der Waals surface area contributed by atoms with E-state index in [0.29, 0.717) is 23.6 Å². The summed E-state index contributed by atoms with van der Waals surface area (Å²) in [5, 5.41) is 4.50. The molecule has 3 rings (SSSR count). The average molecular weight is 546 g/mol. The number of hydrogen-bond acceptors (Lipinski definition) is 6. The first kappa shape index (κ1) is 26.2. The Bertz CT molecular complexity index is 1260. The van der Waals surface area contributed by atoms with E-state index in [1.54, 1.807) is 25.2 Å². The smallest absolute Gasteiger partial charge is 0.266 e. The van der Waals surface area contributed by atoms with Crippen molar-refractivity contribution in [1.29, 1.82) is 0 Å². The molecule has 0 atom stereocenters. The molecule has 34 heavy (non-hydrogen) atoms. The summed E-state index contributed by atoms with van der Waals surface area (Å²) in [6.07, 6.45) is 3.44. The van der Waals surface area contributed by atoms with Gasteiger partial charge in [-0.25, -0.2) is 17.8 Å². The summed E-state index contributed by atoms with van der Waals surface area (Å²) in [4.78, 5) is 14.6. The van der Waals surface area contributed by atoms with Crippen LogP contribution in [-0.2, 0) is 21.2 Å². The van der Waals surface area contributed by atoms with Crippen LogP contribution in [0.15, 0.2) is 46.1 Å². The number of thiazole rings is 1. The van der Waals surface area contributed by atoms with Gasteiger partial charge >= 0.3 is 0 Å². The third-order valence-corrected chi connectivity index (χ3v) is 7.31. The van der Waals surface area contributed by atoms with E-state index in [2.05, 4.69) is 15.0 Å². The molecule has 0 unspecified atom stereocenters. The summed E-state index contributed by atoms with van der Waals surface area (Å²) in [6, 6.07) is 6.95. The molecular formula is C22H22Cl2FN3O4S2. The van der Waals surface area contributed by atoms with E-state index in [1.807, 2.05) is 0 Å². The van der Waals surface area contributed by atoms with Crippen LogP contribution in [0.1, 0.15) is 31.2 Å². The first-order valence-electron chi connectivity index (χ1n) is 10.3. The van der Waals surface area contributed by atoms with Crippen LogP contribution in [0, 0.1) is 5.82 Å². The number of halogens is 3. The van der Waals surface area contributed by atoms with Crippen LogP contribution in [0.2, 0.25) is 10.0 Å². The number of carbonyl (C=O) groups is 1. The largest absolute Gasteiger partial charge is 0.455 e. The fraction of sp³-hybridized carbons (Fsp3) is 0.273. The molecule has 1 heterocycles. The van der Waals surface area contributed by atoms with Crippen LogP contribution in [-0.4, -0.2) is 26.4 Å². The number of hydrogen-bond donors (Lipinski definition) is 2. The predicted octanol–water partition coefficient (Wildman–Crippen LogP) is 6.03. The Hall–Kier alpha value is -2.40. The zero-order valence-corrected chi connectivity index (χ0v) is 21.3. The molecule has 0 bridgehead atoms. The van der Waals surface area contributed by atoms with Gasteiger partial charge in [0.15, 0.2) is 5.82 Å². The minimum atomic E-state index is -4.23. The van der Waals surface area contributed by atoms with Gasteiger partial charge in [-0.2, -0.15) is 0 Å². The van der Waals surface area contributed by atoms with Gasteiger partial charge in [0.2, 0.25) is 5.91 Å². The monoisotopic (exact) mass is 545 g/mol. The zero-order chi connectivity index (χ0) is 24.7. The fourth-order valence-electron chi connectivity index (χ4n) is 3.11. The van der Waals surface area contributed by atoms with Crippen molar-refractivity contribution < 1.29 is 22.3 Å². The molecule has 0 fully saturated rings. The van der Waals surface area contributed by atoms with Crippen molar-refractivity contribution in [2.45, 2.75) is 37.0 Å². The maximum absolute atomic E-state index is 14.8. The van der Waals surface area contributed by atoms with E-state index in [0.717, 1.165) is 37.0 Å². The first-order chi connectivity index (χ1) is 16.2. The molecule has 0 radical (unpaired) electrons. The van der Waals surface area contributed by atoms with Crippen molar-refractivity contribution in [3.8, 4) is 11.5 Å². The number of sulfonamides is 1. The van der Waals surface area contributed by atoms with Crippen molar-refractivity contribution in [3.63, 3.8) is 0 Å². The highest BCUT2D eigenvalue weighted by molar-refractivity contribution is 7.92. The maximum atomic E-state index is 14.8. The molecule has 0 spiro atoms. The SMILES string of the molecule is CNC(=O)CCCCCc1cc(Cl)ccc1Oc1cc(F)c(S(=O)(=O)Nc2cscn2)cc1Cl. The number of nitrogens with zero attached hydrogens (tertiary/aromatic N) is 1. The molecular weight excluding hydrogens is 524 g/mol. The number of aromatic nitrogens is 1. The number of nitrogens with one attached hydrogen (secondary N) is 2. The van der Waals surface area contributed by atoms with Gasteiger partial charge in [-0.05, 0) is 49.1 Å². The van der Waals surface area contributed by atoms with Gasteiger partial charge in [0.1, 0.15) is 22.2 Å². The first-order valence-corrected chi connectivity index (χ1v) is 13.4. The topological polar surface area (TPSA) is 97.4 Å². The summed E-state index contributed by atoms with van der Waals surface area (Å²) in [5.41, 5.74) is 2.23. The predicted molar refractivity (Wildman–Crippen MR) is 132 cm³/mol. The Kier molecular flexibility index (Phi) is 9.12. The van der Waals surface area contributed by atoms with Gasteiger partial charge in [-0.3, -0.25) is 9.52 Å².